The fourth-order valence-electron chi connectivity index (χ4n) is 1.96. The lowest BCUT2D eigenvalue weighted by Gasteiger charge is -2.17. The van der Waals surface area contributed by atoms with Crippen LogP contribution in [0.15, 0.2) is 50.3 Å². The predicted molar refractivity (Wildman–Crippen MR) is 92.7 cm³/mol. The molecule has 0 bridgehead atoms. The van der Waals surface area contributed by atoms with E-state index in [2.05, 4.69) is 15.0 Å². The molecule has 2 heterocycles. The van der Waals surface area contributed by atoms with Crippen LogP contribution >= 0.6 is 23.4 Å². The number of benzene rings is 1. The first-order chi connectivity index (χ1) is 11.4. The number of amides is 1. The average molecular weight is 386 g/mol. The van der Waals surface area contributed by atoms with Gasteiger partial charge in [-0.3, -0.25) is 4.79 Å². The van der Waals surface area contributed by atoms with Gasteiger partial charge in [0.05, 0.1) is 24.2 Å². The molecular weight excluding hydrogens is 374 g/mol. The molecule has 1 amide bonds. The van der Waals surface area contributed by atoms with Crippen molar-refractivity contribution in [2.75, 3.05) is 11.1 Å². The number of hydrogen-bond donors (Lipinski definition) is 2. The van der Waals surface area contributed by atoms with Crippen LogP contribution in [0.5, 0.6) is 0 Å². The third kappa shape index (κ3) is 3.92. The molecule has 0 saturated carbocycles. The molecule has 1 aromatic heterocycles. The molecule has 3 rings (SSSR count). The van der Waals surface area contributed by atoms with Crippen LogP contribution in [0.1, 0.15) is 5.76 Å². The van der Waals surface area contributed by atoms with Gasteiger partial charge in [-0.05, 0) is 30.3 Å². The van der Waals surface area contributed by atoms with Crippen LogP contribution in [-0.2, 0) is 21.4 Å². The van der Waals surface area contributed by atoms with Crippen molar-refractivity contribution < 1.29 is 17.6 Å². The van der Waals surface area contributed by atoms with E-state index < -0.39 is 10.0 Å². The van der Waals surface area contributed by atoms with Gasteiger partial charge in [0.25, 0.3) is 10.0 Å². The number of nitrogens with one attached hydrogen (secondary N) is 2. The van der Waals surface area contributed by atoms with Gasteiger partial charge in [-0.2, -0.15) is 8.42 Å². The van der Waals surface area contributed by atoms with Crippen molar-refractivity contribution >= 4 is 50.1 Å². The zero-order valence-electron chi connectivity index (χ0n) is 12.2. The summed E-state index contributed by atoms with van der Waals surface area (Å²) < 4.78 is 33.1. The summed E-state index contributed by atoms with van der Waals surface area (Å²) >= 11 is 6.81. The quantitative estimate of drug-likeness (QED) is 0.838. The Morgan fingerprint density at radius 1 is 1.38 bits per heavy atom. The average Bonchev–Trinajstić information content (AvgIpc) is 3.05. The summed E-state index contributed by atoms with van der Waals surface area (Å²) in [5, 5.41) is 6.00. The highest BCUT2D eigenvalue weighted by atomic mass is 35.5. The maximum Gasteiger partial charge on any atom is 0.286 e. The minimum atomic E-state index is -3.84. The highest BCUT2D eigenvalue weighted by Gasteiger charge is 2.25. The first-order valence-electron chi connectivity index (χ1n) is 6.77. The molecule has 0 unspecified atom stereocenters. The van der Waals surface area contributed by atoms with Gasteiger partial charge in [-0.25, -0.2) is 0 Å². The zero-order chi connectivity index (χ0) is 17.2. The van der Waals surface area contributed by atoms with Crippen LogP contribution in [0.25, 0.3) is 0 Å². The Labute approximate surface area is 147 Å². The molecule has 1 aliphatic rings. The molecule has 0 radical (unpaired) electrons. The van der Waals surface area contributed by atoms with Crippen LogP contribution in [0.4, 0.5) is 5.69 Å². The second-order valence-electron chi connectivity index (χ2n) is 4.78. The highest BCUT2D eigenvalue weighted by molar-refractivity contribution is 8.15. The normalized spacial score (nSPS) is 15.1. The Kier molecular flexibility index (Phi) is 4.83. The molecule has 0 atom stereocenters. The molecular formula is C14H12ClN3O4S2. The third-order valence-electron chi connectivity index (χ3n) is 3.05. The number of sulfonamides is 1. The van der Waals surface area contributed by atoms with Crippen LogP contribution in [0.2, 0.25) is 5.02 Å². The molecule has 24 heavy (non-hydrogen) atoms. The Bertz CT molecular complexity index is 895. The molecule has 0 aliphatic carbocycles. The second-order valence-corrected chi connectivity index (χ2v) is 7.75. The minimum absolute atomic E-state index is 0.0154. The fraction of sp³-hybridized carbons (Fsp3) is 0.143. The summed E-state index contributed by atoms with van der Waals surface area (Å²) in [6.45, 7) is 0.270. The van der Waals surface area contributed by atoms with E-state index in [0.717, 1.165) is 11.8 Å². The largest absolute Gasteiger partial charge is 0.467 e. The number of nitrogens with zero attached hydrogens (tertiary/aromatic N) is 1. The van der Waals surface area contributed by atoms with Crippen molar-refractivity contribution in [2.45, 2.75) is 11.4 Å². The number of fused-ring (bicyclic) bond motifs is 1. The van der Waals surface area contributed by atoms with Crippen molar-refractivity contribution in [1.82, 2.24) is 5.32 Å². The lowest BCUT2D eigenvalue weighted by molar-refractivity contribution is -0.118. The molecule has 0 spiro atoms. The molecule has 2 aromatic rings. The summed E-state index contributed by atoms with van der Waals surface area (Å²) in [6.07, 6.45) is 1.52. The van der Waals surface area contributed by atoms with Gasteiger partial charge in [-0.15, -0.1) is 4.40 Å². The maximum absolute atomic E-state index is 12.1. The van der Waals surface area contributed by atoms with Gasteiger partial charge < -0.3 is 15.1 Å². The smallest absolute Gasteiger partial charge is 0.286 e. The molecule has 2 N–H and O–H groups in total. The lowest BCUT2D eigenvalue weighted by Crippen LogP contribution is -2.26. The Hall–Kier alpha value is -1.97. The van der Waals surface area contributed by atoms with Gasteiger partial charge in [0, 0.05) is 5.02 Å². The van der Waals surface area contributed by atoms with Gasteiger partial charge in [0.2, 0.25) is 5.91 Å². The van der Waals surface area contributed by atoms with Crippen LogP contribution in [-0.4, -0.2) is 25.2 Å². The molecule has 10 heteroatoms. The van der Waals surface area contributed by atoms with E-state index in [1.807, 2.05) is 0 Å². The van der Waals surface area contributed by atoms with Crippen molar-refractivity contribution in [3.63, 3.8) is 0 Å². The number of amidine groups is 1. The van der Waals surface area contributed by atoms with E-state index in [1.165, 1.54) is 12.3 Å². The third-order valence-corrected chi connectivity index (χ3v) is 5.59. The number of carbonyl (C=O) groups excluding carboxylic acids is 1. The van der Waals surface area contributed by atoms with E-state index >= 15 is 0 Å². The summed E-state index contributed by atoms with van der Waals surface area (Å²) in [5.41, 5.74) is 0.382. The Morgan fingerprint density at radius 3 is 2.96 bits per heavy atom. The van der Waals surface area contributed by atoms with Gasteiger partial charge >= 0.3 is 0 Å². The minimum Gasteiger partial charge on any atom is -0.467 e. The number of halogens is 1. The summed E-state index contributed by atoms with van der Waals surface area (Å²) in [7, 11) is -3.84. The van der Waals surface area contributed by atoms with Crippen molar-refractivity contribution in [3.8, 4) is 0 Å². The standard InChI is InChI=1S/C14H12ClN3O4S2/c15-9-3-4-11-12(6-9)24(20,21)18-14(17-11)23-8-13(19)16-7-10-2-1-5-22-10/h1-6H,7-8H2,(H,16,19)(H,17,18). The van der Waals surface area contributed by atoms with Gasteiger partial charge in [-0.1, -0.05) is 23.4 Å². The molecule has 7 nitrogen and oxygen atoms in total. The monoisotopic (exact) mass is 385 g/mol. The second kappa shape index (κ2) is 6.88. The van der Waals surface area contributed by atoms with E-state index in [4.69, 9.17) is 16.0 Å². The number of hydrogen-bond acceptors (Lipinski definition) is 6. The van der Waals surface area contributed by atoms with E-state index in [9.17, 15) is 13.2 Å². The molecule has 0 fully saturated rings. The van der Waals surface area contributed by atoms with E-state index in [-0.39, 0.29) is 28.3 Å². The molecule has 126 valence electrons. The van der Waals surface area contributed by atoms with E-state index in [1.54, 1.807) is 24.3 Å². The fourth-order valence-corrected chi connectivity index (χ4v) is 4.28. The number of thioether (sulfide) groups is 1. The topological polar surface area (TPSA) is 101 Å². The van der Waals surface area contributed by atoms with Gasteiger partial charge in [0.15, 0.2) is 5.17 Å². The van der Waals surface area contributed by atoms with Crippen molar-refractivity contribution in [3.05, 3.63) is 47.4 Å². The number of furan rings is 1. The Balaban J connectivity index is 1.61. The molecule has 0 saturated heterocycles. The van der Waals surface area contributed by atoms with Crippen molar-refractivity contribution in [1.29, 1.82) is 0 Å². The van der Waals surface area contributed by atoms with Crippen LogP contribution in [0.3, 0.4) is 0 Å². The predicted octanol–water partition coefficient (Wildman–Crippen LogP) is 2.45. The lowest BCUT2D eigenvalue weighted by atomic mass is 10.3. The Morgan fingerprint density at radius 2 is 2.21 bits per heavy atom. The van der Waals surface area contributed by atoms with Crippen molar-refractivity contribution in [2.24, 2.45) is 4.40 Å². The van der Waals surface area contributed by atoms with Crippen LogP contribution in [0, 0.1) is 0 Å². The number of rotatable bonds is 4. The number of anilines is 1. The SMILES string of the molecule is O=C(CSC1=NS(=O)(=O)c2cc(Cl)ccc2N1)NCc1ccco1. The first kappa shape index (κ1) is 16.9. The summed E-state index contributed by atoms with van der Waals surface area (Å²) in [5.74, 6) is 0.389. The van der Waals surface area contributed by atoms with E-state index in [0.29, 0.717) is 16.5 Å². The molecule has 1 aliphatic heterocycles. The first-order valence-corrected chi connectivity index (χ1v) is 9.58. The number of carbonyl (C=O) groups is 1. The summed E-state index contributed by atoms with van der Waals surface area (Å²) in [4.78, 5) is 11.8. The van der Waals surface area contributed by atoms with Gasteiger partial charge in [0.1, 0.15) is 10.7 Å². The summed E-state index contributed by atoms with van der Waals surface area (Å²) in [6, 6.07) is 7.94. The van der Waals surface area contributed by atoms with Crippen LogP contribution < -0.4 is 10.6 Å². The molecule has 1 aromatic carbocycles. The zero-order valence-corrected chi connectivity index (χ0v) is 14.5. The highest BCUT2D eigenvalue weighted by Crippen LogP contribution is 2.31. The maximum atomic E-state index is 12.1.